The monoisotopic (exact) mass is 339 g/mol. The van der Waals surface area contributed by atoms with E-state index in [0.29, 0.717) is 26.2 Å². The highest BCUT2D eigenvalue weighted by molar-refractivity contribution is 9.10. The second kappa shape index (κ2) is 5.84. The summed E-state index contributed by atoms with van der Waals surface area (Å²) in [6.45, 7) is 2.89. The molecule has 1 saturated heterocycles. The number of ketones is 1. The Morgan fingerprint density at radius 2 is 2.30 bits per heavy atom. The summed E-state index contributed by atoms with van der Waals surface area (Å²) in [7, 11) is 2.02. The van der Waals surface area contributed by atoms with Gasteiger partial charge in [0.1, 0.15) is 11.9 Å². The first-order valence-corrected chi connectivity index (χ1v) is 7.70. The lowest BCUT2D eigenvalue weighted by Crippen LogP contribution is -2.44. The lowest BCUT2D eigenvalue weighted by molar-refractivity contribution is -0.134. The van der Waals surface area contributed by atoms with Crippen LogP contribution >= 0.6 is 15.9 Å². The number of morpholine rings is 1. The van der Waals surface area contributed by atoms with E-state index in [-0.39, 0.29) is 11.9 Å². The lowest BCUT2D eigenvalue weighted by atomic mass is 10.0. The van der Waals surface area contributed by atoms with Crippen molar-refractivity contribution in [3.8, 4) is 5.75 Å². The third-order valence-corrected chi connectivity index (χ3v) is 4.28. The fourth-order valence-electron chi connectivity index (χ4n) is 2.75. The van der Waals surface area contributed by atoms with E-state index in [9.17, 15) is 4.79 Å². The van der Waals surface area contributed by atoms with Gasteiger partial charge >= 0.3 is 0 Å². The highest BCUT2D eigenvalue weighted by Gasteiger charge is 2.27. The van der Waals surface area contributed by atoms with Crippen molar-refractivity contribution in [2.24, 2.45) is 0 Å². The van der Waals surface area contributed by atoms with Crippen molar-refractivity contribution < 1.29 is 14.3 Å². The van der Waals surface area contributed by atoms with Gasteiger partial charge in [-0.05, 0) is 24.7 Å². The number of benzene rings is 1. The van der Waals surface area contributed by atoms with Gasteiger partial charge in [-0.2, -0.15) is 0 Å². The number of fused-ring (bicyclic) bond motifs is 1. The molecule has 0 N–H and O–H groups in total. The number of nitrogens with zero attached hydrogens (tertiary/aromatic N) is 1. The number of hydrogen-bond donors (Lipinski definition) is 0. The van der Waals surface area contributed by atoms with Crippen molar-refractivity contribution in [3.63, 3.8) is 0 Å². The maximum atomic E-state index is 12.4. The van der Waals surface area contributed by atoms with Gasteiger partial charge in [-0.1, -0.05) is 15.9 Å². The Balaban J connectivity index is 1.76. The molecule has 4 nitrogen and oxygen atoms in total. The first kappa shape index (κ1) is 14.0. The number of carbonyl (C=O) groups excluding carboxylic acids is 1. The predicted octanol–water partition coefficient (Wildman–Crippen LogP) is 1.83. The smallest absolute Gasteiger partial charge is 0.167 e. The second-order valence-electron chi connectivity index (χ2n) is 5.42. The van der Waals surface area contributed by atoms with E-state index < -0.39 is 0 Å². The summed E-state index contributed by atoms with van der Waals surface area (Å²) in [6, 6.07) is 4.05. The molecule has 5 heteroatoms. The summed E-state index contributed by atoms with van der Waals surface area (Å²) >= 11 is 3.50. The van der Waals surface area contributed by atoms with E-state index in [1.54, 1.807) is 0 Å². The molecule has 0 spiro atoms. The fourth-order valence-corrected chi connectivity index (χ4v) is 3.30. The number of halogens is 1. The van der Waals surface area contributed by atoms with Crippen molar-refractivity contribution in [2.45, 2.75) is 18.9 Å². The zero-order chi connectivity index (χ0) is 14.1. The number of ether oxygens (including phenoxy) is 2. The molecule has 0 saturated carbocycles. The molecule has 0 aliphatic carbocycles. The van der Waals surface area contributed by atoms with Gasteiger partial charge in [-0.25, -0.2) is 0 Å². The van der Waals surface area contributed by atoms with Gasteiger partial charge in [0.05, 0.1) is 13.2 Å². The maximum absolute atomic E-state index is 12.4. The molecule has 0 aromatic heterocycles. The zero-order valence-electron chi connectivity index (χ0n) is 11.5. The standard InChI is InChI=1S/C15H18BrNO3/c1-17-3-5-19-14(9-17)13(18)8-11-7-12(16)6-10-2-4-20-15(10)11/h6-7,14H,2-5,8-9H2,1H3. The predicted molar refractivity (Wildman–Crippen MR) is 79.3 cm³/mol. The quantitative estimate of drug-likeness (QED) is 0.842. The molecule has 2 aliphatic rings. The summed E-state index contributed by atoms with van der Waals surface area (Å²) in [5.41, 5.74) is 2.15. The Kier molecular flexibility index (Phi) is 4.10. The molecule has 2 aliphatic heterocycles. The summed E-state index contributed by atoms with van der Waals surface area (Å²) in [5, 5.41) is 0. The molecule has 1 aromatic carbocycles. The minimum atomic E-state index is -0.315. The van der Waals surface area contributed by atoms with Crippen molar-refractivity contribution >= 4 is 21.7 Å². The molecule has 0 bridgehead atoms. The van der Waals surface area contributed by atoms with Gasteiger partial charge in [0.2, 0.25) is 0 Å². The van der Waals surface area contributed by atoms with Crippen LogP contribution < -0.4 is 4.74 Å². The number of Topliss-reactive ketones (excluding diaryl/α,β-unsaturated/α-hetero) is 1. The minimum Gasteiger partial charge on any atom is -0.493 e. The molecule has 1 fully saturated rings. The largest absolute Gasteiger partial charge is 0.493 e. The molecule has 108 valence electrons. The van der Waals surface area contributed by atoms with Crippen LogP contribution in [0.3, 0.4) is 0 Å². The summed E-state index contributed by atoms with van der Waals surface area (Å²) in [5.74, 6) is 1.03. The van der Waals surface area contributed by atoms with E-state index in [1.807, 2.05) is 13.1 Å². The van der Waals surface area contributed by atoms with Crippen LogP contribution in [0.2, 0.25) is 0 Å². The van der Waals surface area contributed by atoms with Crippen molar-refractivity contribution in [3.05, 3.63) is 27.7 Å². The van der Waals surface area contributed by atoms with Crippen LogP contribution in [0.25, 0.3) is 0 Å². The van der Waals surface area contributed by atoms with Gasteiger partial charge in [0.25, 0.3) is 0 Å². The number of rotatable bonds is 3. The average molecular weight is 340 g/mol. The number of likely N-dealkylation sites (N-methyl/N-ethyl adjacent to an activating group) is 1. The van der Waals surface area contributed by atoms with Crippen LogP contribution in [-0.2, 0) is 22.4 Å². The Morgan fingerprint density at radius 1 is 1.45 bits per heavy atom. The van der Waals surface area contributed by atoms with Crippen molar-refractivity contribution in [1.29, 1.82) is 0 Å². The first-order valence-electron chi connectivity index (χ1n) is 6.90. The summed E-state index contributed by atoms with van der Waals surface area (Å²) in [4.78, 5) is 14.5. The molecule has 1 aromatic rings. The molecular formula is C15H18BrNO3. The fraction of sp³-hybridized carbons (Fsp3) is 0.533. The van der Waals surface area contributed by atoms with Crippen LogP contribution in [0, 0.1) is 0 Å². The molecule has 1 atom stereocenters. The third-order valence-electron chi connectivity index (χ3n) is 3.82. The van der Waals surface area contributed by atoms with Crippen LogP contribution in [0.5, 0.6) is 5.75 Å². The van der Waals surface area contributed by atoms with E-state index >= 15 is 0 Å². The Labute approximate surface area is 127 Å². The van der Waals surface area contributed by atoms with Crippen LogP contribution in [0.15, 0.2) is 16.6 Å². The molecule has 2 heterocycles. The van der Waals surface area contributed by atoms with Crippen LogP contribution in [0.4, 0.5) is 0 Å². The summed E-state index contributed by atoms with van der Waals surface area (Å²) in [6.07, 6.45) is 0.976. The van der Waals surface area contributed by atoms with E-state index in [0.717, 1.165) is 28.8 Å². The molecular weight excluding hydrogens is 322 g/mol. The Bertz CT molecular complexity index is 532. The first-order chi connectivity index (χ1) is 9.63. The molecule has 0 radical (unpaired) electrons. The highest BCUT2D eigenvalue weighted by Crippen LogP contribution is 2.33. The lowest BCUT2D eigenvalue weighted by Gasteiger charge is -2.29. The van der Waals surface area contributed by atoms with Crippen molar-refractivity contribution in [2.75, 3.05) is 33.4 Å². The van der Waals surface area contributed by atoms with Crippen LogP contribution in [0.1, 0.15) is 11.1 Å². The van der Waals surface area contributed by atoms with Gasteiger partial charge in [0.15, 0.2) is 5.78 Å². The maximum Gasteiger partial charge on any atom is 0.167 e. The average Bonchev–Trinajstić information content (AvgIpc) is 2.86. The van der Waals surface area contributed by atoms with E-state index in [2.05, 4.69) is 26.9 Å². The topological polar surface area (TPSA) is 38.8 Å². The van der Waals surface area contributed by atoms with Gasteiger partial charge in [-0.15, -0.1) is 0 Å². The number of carbonyl (C=O) groups is 1. The van der Waals surface area contributed by atoms with E-state index in [1.165, 1.54) is 5.56 Å². The Hall–Kier alpha value is -0.910. The highest BCUT2D eigenvalue weighted by atomic mass is 79.9. The molecule has 3 rings (SSSR count). The second-order valence-corrected chi connectivity index (χ2v) is 6.33. The molecule has 0 amide bonds. The Morgan fingerprint density at radius 3 is 3.10 bits per heavy atom. The SMILES string of the molecule is CN1CCOC(C(=O)Cc2cc(Br)cc3c2OCC3)C1. The van der Waals surface area contributed by atoms with Gasteiger partial charge in [-0.3, -0.25) is 4.79 Å². The molecule has 20 heavy (non-hydrogen) atoms. The minimum absolute atomic E-state index is 0.132. The van der Waals surface area contributed by atoms with Crippen LogP contribution in [-0.4, -0.2) is 50.1 Å². The normalized spacial score (nSPS) is 22.4. The molecule has 1 unspecified atom stereocenters. The summed E-state index contributed by atoms with van der Waals surface area (Å²) < 4.78 is 12.3. The zero-order valence-corrected chi connectivity index (χ0v) is 13.1. The van der Waals surface area contributed by atoms with E-state index in [4.69, 9.17) is 9.47 Å². The third kappa shape index (κ3) is 2.90. The van der Waals surface area contributed by atoms with Gasteiger partial charge < -0.3 is 14.4 Å². The van der Waals surface area contributed by atoms with Gasteiger partial charge in [0, 0.05) is 36.0 Å². The van der Waals surface area contributed by atoms with Crippen molar-refractivity contribution in [1.82, 2.24) is 4.90 Å². The number of hydrogen-bond acceptors (Lipinski definition) is 4.